The number of nitrogens with zero attached hydrogens (tertiary/aromatic N) is 1. The average molecular weight is 302 g/mol. The van der Waals surface area contributed by atoms with E-state index in [0.717, 1.165) is 25.9 Å². The van der Waals surface area contributed by atoms with Crippen molar-refractivity contribution in [3.8, 4) is 0 Å². The standard InChI is InChI=1S/C18H26N2O2/c1-22-12-16(19)17(21)20-11-5-10-18(13-20)9-4-7-14-6-2-3-8-15(14)18/h2-3,6,8,16H,4-5,7,9-13,19H2,1H3. The highest BCUT2D eigenvalue weighted by atomic mass is 16.5. The van der Waals surface area contributed by atoms with E-state index in [-0.39, 0.29) is 11.3 Å². The van der Waals surface area contributed by atoms with Crippen LogP contribution in [0, 0.1) is 0 Å². The maximum atomic E-state index is 12.5. The maximum absolute atomic E-state index is 12.5. The fraction of sp³-hybridized carbons (Fsp3) is 0.611. The van der Waals surface area contributed by atoms with E-state index in [2.05, 4.69) is 24.3 Å². The highest BCUT2D eigenvalue weighted by Crippen LogP contribution is 2.43. The number of methoxy groups -OCH3 is 1. The Morgan fingerprint density at radius 1 is 1.36 bits per heavy atom. The van der Waals surface area contributed by atoms with Crippen molar-refractivity contribution in [2.45, 2.75) is 43.6 Å². The second-order valence-corrected chi connectivity index (χ2v) is 6.72. The average Bonchev–Trinajstić information content (AvgIpc) is 2.55. The van der Waals surface area contributed by atoms with Gasteiger partial charge in [0.2, 0.25) is 5.91 Å². The van der Waals surface area contributed by atoms with Gasteiger partial charge < -0.3 is 15.4 Å². The molecule has 3 rings (SSSR count). The zero-order valence-electron chi connectivity index (χ0n) is 13.4. The highest BCUT2D eigenvalue weighted by Gasteiger charge is 2.41. The number of aryl methyl sites for hydroxylation is 1. The summed E-state index contributed by atoms with van der Waals surface area (Å²) < 4.78 is 5.04. The number of piperidine rings is 1. The molecule has 1 aliphatic heterocycles. The van der Waals surface area contributed by atoms with E-state index < -0.39 is 6.04 Å². The molecule has 0 saturated carbocycles. The van der Waals surface area contributed by atoms with Gasteiger partial charge in [0.15, 0.2) is 0 Å². The molecule has 1 aromatic carbocycles. The molecule has 22 heavy (non-hydrogen) atoms. The Kier molecular flexibility index (Phi) is 4.50. The largest absolute Gasteiger partial charge is 0.383 e. The molecule has 1 spiro atoms. The molecule has 2 aliphatic rings. The van der Waals surface area contributed by atoms with Crippen molar-refractivity contribution in [1.29, 1.82) is 0 Å². The highest BCUT2D eigenvalue weighted by molar-refractivity contribution is 5.82. The van der Waals surface area contributed by atoms with Crippen molar-refractivity contribution in [2.24, 2.45) is 5.73 Å². The number of carbonyl (C=O) groups is 1. The lowest BCUT2D eigenvalue weighted by Crippen LogP contribution is -2.54. The number of hydrogen-bond donors (Lipinski definition) is 1. The van der Waals surface area contributed by atoms with E-state index in [1.807, 2.05) is 4.90 Å². The Morgan fingerprint density at radius 3 is 2.95 bits per heavy atom. The first-order chi connectivity index (χ1) is 10.7. The van der Waals surface area contributed by atoms with Gasteiger partial charge in [-0.15, -0.1) is 0 Å². The lowest BCUT2D eigenvalue weighted by molar-refractivity contribution is -0.136. The first-order valence-electron chi connectivity index (χ1n) is 8.28. The van der Waals surface area contributed by atoms with E-state index in [1.165, 1.54) is 30.4 Å². The SMILES string of the molecule is COCC(N)C(=O)N1CCCC2(CCCc3ccccc32)C1. The summed E-state index contributed by atoms with van der Waals surface area (Å²) in [5.74, 6) is 0.0315. The molecule has 4 nitrogen and oxygen atoms in total. The Labute approximate surface area is 132 Å². The van der Waals surface area contributed by atoms with Gasteiger partial charge in [-0.1, -0.05) is 24.3 Å². The zero-order chi connectivity index (χ0) is 15.6. The monoisotopic (exact) mass is 302 g/mol. The van der Waals surface area contributed by atoms with Crippen LogP contribution in [-0.2, 0) is 21.4 Å². The van der Waals surface area contributed by atoms with Crippen molar-refractivity contribution >= 4 is 5.91 Å². The van der Waals surface area contributed by atoms with Crippen LogP contribution in [0.1, 0.15) is 36.8 Å². The molecule has 2 N–H and O–H groups in total. The molecule has 0 bridgehead atoms. The van der Waals surface area contributed by atoms with Crippen LogP contribution in [0.4, 0.5) is 0 Å². The molecular weight excluding hydrogens is 276 g/mol. The van der Waals surface area contributed by atoms with Crippen LogP contribution in [0.15, 0.2) is 24.3 Å². The molecule has 1 amide bonds. The third kappa shape index (κ3) is 2.77. The summed E-state index contributed by atoms with van der Waals surface area (Å²) in [5, 5.41) is 0. The fourth-order valence-electron chi connectivity index (χ4n) is 4.24. The number of carbonyl (C=O) groups excluding carboxylic acids is 1. The first kappa shape index (κ1) is 15.5. The quantitative estimate of drug-likeness (QED) is 0.927. The van der Waals surface area contributed by atoms with Gasteiger partial charge in [-0.05, 0) is 43.2 Å². The normalized spacial score (nSPS) is 25.8. The lowest BCUT2D eigenvalue weighted by atomic mass is 9.66. The summed E-state index contributed by atoms with van der Waals surface area (Å²) in [5.41, 5.74) is 9.01. The van der Waals surface area contributed by atoms with E-state index >= 15 is 0 Å². The van der Waals surface area contributed by atoms with Gasteiger partial charge >= 0.3 is 0 Å². The second-order valence-electron chi connectivity index (χ2n) is 6.72. The summed E-state index contributed by atoms with van der Waals surface area (Å²) in [6.45, 7) is 1.92. The Hall–Kier alpha value is -1.39. The summed E-state index contributed by atoms with van der Waals surface area (Å²) >= 11 is 0. The molecule has 120 valence electrons. The minimum Gasteiger partial charge on any atom is -0.383 e. The number of benzene rings is 1. The molecule has 0 radical (unpaired) electrons. The third-order valence-corrected chi connectivity index (χ3v) is 5.24. The molecule has 1 saturated heterocycles. The van der Waals surface area contributed by atoms with Crippen molar-refractivity contribution in [3.05, 3.63) is 35.4 Å². The number of amides is 1. The second kappa shape index (κ2) is 6.39. The Balaban J connectivity index is 1.83. The molecule has 1 heterocycles. The molecule has 1 aliphatic carbocycles. The van der Waals surface area contributed by atoms with Crippen LogP contribution >= 0.6 is 0 Å². The number of nitrogens with two attached hydrogens (primary N) is 1. The maximum Gasteiger partial charge on any atom is 0.241 e. The van der Waals surface area contributed by atoms with Crippen LogP contribution in [-0.4, -0.2) is 43.7 Å². The van der Waals surface area contributed by atoms with Crippen LogP contribution in [0.25, 0.3) is 0 Å². The summed E-state index contributed by atoms with van der Waals surface area (Å²) in [7, 11) is 1.59. The third-order valence-electron chi connectivity index (χ3n) is 5.24. The van der Waals surface area contributed by atoms with Crippen LogP contribution in [0.2, 0.25) is 0 Å². The van der Waals surface area contributed by atoms with Gasteiger partial charge in [0.1, 0.15) is 6.04 Å². The van der Waals surface area contributed by atoms with E-state index in [0.29, 0.717) is 6.61 Å². The predicted octanol–water partition coefficient (Wildman–Crippen LogP) is 1.86. The Bertz CT molecular complexity index is 546. The minimum atomic E-state index is -0.543. The fourth-order valence-corrected chi connectivity index (χ4v) is 4.24. The van der Waals surface area contributed by atoms with Crippen molar-refractivity contribution < 1.29 is 9.53 Å². The van der Waals surface area contributed by atoms with E-state index in [9.17, 15) is 4.79 Å². The molecule has 1 aromatic rings. The predicted molar refractivity (Wildman–Crippen MR) is 86.7 cm³/mol. The summed E-state index contributed by atoms with van der Waals surface area (Å²) in [4.78, 5) is 14.5. The zero-order valence-corrected chi connectivity index (χ0v) is 13.4. The lowest BCUT2D eigenvalue weighted by Gasteiger charge is -2.46. The van der Waals surface area contributed by atoms with Gasteiger partial charge in [0.25, 0.3) is 0 Å². The van der Waals surface area contributed by atoms with Gasteiger partial charge in [0.05, 0.1) is 6.61 Å². The van der Waals surface area contributed by atoms with Crippen LogP contribution < -0.4 is 5.73 Å². The summed E-state index contributed by atoms with van der Waals surface area (Å²) in [6.07, 6.45) is 5.78. The van der Waals surface area contributed by atoms with Gasteiger partial charge in [-0.25, -0.2) is 0 Å². The van der Waals surface area contributed by atoms with E-state index in [4.69, 9.17) is 10.5 Å². The Morgan fingerprint density at radius 2 is 2.14 bits per heavy atom. The smallest absolute Gasteiger partial charge is 0.241 e. The van der Waals surface area contributed by atoms with Crippen molar-refractivity contribution in [1.82, 2.24) is 4.90 Å². The van der Waals surface area contributed by atoms with E-state index in [1.54, 1.807) is 7.11 Å². The molecule has 0 aromatic heterocycles. The van der Waals surface area contributed by atoms with Gasteiger partial charge in [-0.3, -0.25) is 4.79 Å². The number of fused-ring (bicyclic) bond motifs is 2. The minimum absolute atomic E-state index is 0.0315. The summed E-state index contributed by atoms with van der Waals surface area (Å²) in [6, 6.07) is 8.21. The van der Waals surface area contributed by atoms with Crippen molar-refractivity contribution in [3.63, 3.8) is 0 Å². The molecular formula is C18H26N2O2. The van der Waals surface area contributed by atoms with Crippen LogP contribution in [0.3, 0.4) is 0 Å². The molecule has 2 atom stereocenters. The number of likely N-dealkylation sites (tertiary alicyclic amines) is 1. The van der Waals surface area contributed by atoms with Gasteiger partial charge in [0, 0.05) is 25.6 Å². The molecule has 4 heteroatoms. The number of hydrogen-bond acceptors (Lipinski definition) is 3. The molecule has 1 fully saturated rings. The number of ether oxygens (including phenoxy) is 1. The van der Waals surface area contributed by atoms with Gasteiger partial charge in [-0.2, -0.15) is 0 Å². The first-order valence-corrected chi connectivity index (χ1v) is 8.28. The van der Waals surface area contributed by atoms with Crippen LogP contribution in [0.5, 0.6) is 0 Å². The topological polar surface area (TPSA) is 55.6 Å². The molecule has 2 unspecified atom stereocenters. The van der Waals surface area contributed by atoms with Crippen molar-refractivity contribution in [2.75, 3.05) is 26.8 Å². The number of rotatable bonds is 3.